The molecular weight excluding hydrogens is 268 g/mol. The quantitative estimate of drug-likeness (QED) is 0.576. The van der Waals surface area contributed by atoms with Gasteiger partial charge in [-0.25, -0.2) is 0 Å². The highest BCUT2D eigenvalue weighted by Gasteiger charge is 2.32. The first-order valence-electron chi connectivity index (χ1n) is 7.54. The zero-order valence-corrected chi connectivity index (χ0v) is 16.5. The SMILES string of the molecule is CN(C)CCC[Si](C)(C)O[Si](C)(C)CCCN(C)C. The van der Waals surface area contributed by atoms with Crippen LogP contribution in [0.3, 0.4) is 0 Å². The first-order valence-corrected chi connectivity index (χ1v) is 13.8. The van der Waals surface area contributed by atoms with Gasteiger partial charge in [0.25, 0.3) is 0 Å². The largest absolute Gasteiger partial charge is 0.455 e. The first kappa shape index (κ1) is 19.3. The van der Waals surface area contributed by atoms with Gasteiger partial charge in [0, 0.05) is 0 Å². The molecule has 0 rings (SSSR count). The van der Waals surface area contributed by atoms with Gasteiger partial charge in [0.05, 0.1) is 0 Å². The van der Waals surface area contributed by atoms with Crippen LogP contribution >= 0.6 is 0 Å². The Morgan fingerprint density at radius 2 is 1.00 bits per heavy atom. The van der Waals surface area contributed by atoms with Crippen molar-refractivity contribution in [2.24, 2.45) is 0 Å². The van der Waals surface area contributed by atoms with Crippen molar-refractivity contribution in [2.45, 2.75) is 51.1 Å². The molecule has 0 saturated carbocycles. The van der Waals surface area contributed by atoms with Crippen LogP contribution in [-0.2, 0) is 4.12 Å². The van der Waals surface area contributed by atoms with Crippen LogP contribution in [0.4, 0.5) is 0 Å². The summed E-state index contributed by atoms with van der Waals surface area (Å²) < 4.78 is 6.63. The lowest BCUT2D eigenvalue weighted by Gasteiger charge is -2.34. The van der Waals surface area contributed by atoms with Crippen molar-refractivity contribution in [1.29, 1.82) is 0 Å². The average Bonchev–Trinajstić information content (AvgIpc) is 2.12. The maximum absolute atomic E-state index is 6.63. The minimum Gasteiger partial charge on any atom is -0.455 e. The standard InChI is InChI=1S/C14H36N2OSi2/c1-15(2)11-9-13-18(5,6)17-19(7,8)14-10-12-16(3)4/h9-14H2,1-8H3. The molecule has 0 aliphatic carbocycles. The molecule has 19 heavy (non-hydrogen) atoms. The van der Waals surface area contributed by atoms with Gasteiger partial charge >= 0.3 is 0 Å². The second-order valence-electron chi connectivity index (χ2n) is 7.44. The summed E-state index contributed by atoms with van der Waals surface area (Å²) in [4.78, 5) is 4.54. The molecule has 0 saturated heterocycles. The fourth-order valence-corrected chi connectivity index (χ4v) is 11.3. The molecule has 5 heteroatoms. The lowest BCUT2D eigenvalue weighted by molar-refractivity contribution is 0.399. The molecule has 0 unspecified atom stereocenters. The normalized spacial score (nSPS) is 13.6. The third kappa shape index (κ3) is 11.8. The van der Waals surface area contributed by atoms with E-state index in [1.165, 1.54) is 38.0 Å². The first-order chi connectivity index (χ1) is 8.54. The molecule has 0 radical (unpaired) electrons. The Bertz CT molecular complexity index is 220. The van der Waals surface area contributed by atoms with Gasteiger partial charge in [-0.15, -0.1) is 0 Å². The van der Waals surface area contributed by atoms with Crippen LogP contribution < -0.4 is 0 Å². The lowest BCUT2D eigenvalue weighted by atomic mass is 10.5. The number of nitrogens with zero attached hydrogens (tertiary/aromatic N) is 2. The van der Waals surface area contributed by atoms with Gasteiger partial charge in [-0.3, -0.25) is 0 Å². The summed E-state index contributed by atoms with van der Waals surface area (Å²) in [5, 5.41) is 0. The third-order valence-corrected chi connectivity index (χ3v) is 10.9. The Kier molecular flexibility index (Phi) is 8.71. The van der Waals surface area contributed by atoms with E-state index < -0.39 is 16.6 Å². The second kappa shape index (κ2) is 8.57. The average molecular weight is 305 g/mol. The van der Waals surface area contributed by atoms with Crippen molar-refractivity contribution in [2.75, 3.05) is 41.3 Å². The Morgan fingerprint density at radius 1 is 0.684 bits per heavy atom. The lowest BCUT2D eigenvalue weighted by Crippen LogP contribution is -2.44. The molecule has 0 N–H and O–H groups in total. The number of rotatable bonds is 10. The summed E-state index contributed by atoms with van der Waals surface area (Å²) >= 11 is 0. The van der Waals surface area contributed by atoms with Crippen LogP contribution in [0.2, 0.25) is 38.3 Å². The molecule has 0 atom stereocenters. The molecule has 0 spiro atoms. The van der Waals surface area contributed by atoms with E-state index in [0.717, 1.165) is 0 Å². The Hall–Kier alpha value is 0.314. The summed E-state index contributed by atoms with van der Waals surface area (Å²) in [6.45, 7) is 11.9. The van der Waals surface area contributed by atoms with E-state index in [9.17, 15) is 0 Å². The van der Waals surface area contributed by atoms with Crippen LogP contribution in [0.5, 0.6) is 0 Å². The molecule has 0 aliphatic heterocycles. The predicted molar refractivity (Wildman–Crippen MR) is 92.0 cm³/mol. The van der Waals surface area contributed by atoms with Crippen LogP contribution in [0.1, 0.15) is 12.8 Å². The maximum Gasteiger partial charge on any atom is 0.173 e. The van der Waals surface area contributed by atoms with Crippen LogP contribution in [-0.4, -0.2) is 67.7 Å². The van der Waals surface area contributed by atoms with Crippen LogP contribution in [0.25, 0.3) is 0 Å². The second-order valence-corrected chi connectivity index (χ2v) is 16.3. The van der Waals surface area contributed by atoms with Gasteiger partial charge in [-0.05, 0) is 92.4 Å². The van der Waals surface area contributed by atoms with Crippen molar-refractivity contribution in [1.82, 2.24) is 9.80 Å². The topological polar surface area (TPSA) is 15.7 Å². The smallest absolute Gasteiger partial charge is 0.173 e. The van der Waals surface area contributed by atoms with E-state index in [0.29, 0.717) is 0 Å². The highest BCUT2D eigenvalue weighted by molar-refractivity contribution is 6.84. The number of hydrogen-bond donors (Lipinski definition) is 0. The van der Waals surface area contributed by atoms with E-state index in [2.05, 4.69) is 64.2 Å². The van der Waals surface area contributed by atoms with Crippen molar-refractivity contribution < 1.29 is 4.12 Å². The molecule has 0 aromatic rings. The Balaban J connectivity index is 4.06. The zero-order valence-electron chi connectivity index (χ0n) is 14.5. The van der Waals surface area contributed by atoms with E-state index in [1.807, 2.05) is 0 Å². The molecule has 0 heterocycles. The van der Waals surface area contributed by atoms with Gasteiger partial charge < -0.3 is 13.9 Å². The van der Waals surface area contributed by atoms with Gasteiger partial charge in [-0.2, -0.15) is 0 Å². The fraction of sp³-hybridized carbons (Fsp3) is 1.00. The zero-order chi connectivity index (χ0) is 15.1. The number of hydrogen-bond acceptors (Lipinski definition) is 3. The molecule has 116 valence electrons. The van der Waals surface area contributed by atoms with Gasteiger partial charge in [0.15, 0.2) is 16.6 Å². The summed E-state index contributed by atoms with van der Waals surface area (Å²) in [7, 11) is 5.67. The van der Waals surface area contributed by atoms with Gasteiger partial charge in [0.1, 0.15) is 0 Å². The van der Waals surface area contributed by atoms with Crippen molar-refractivity contribution in [3.05, 3.63) is 0 Å². The molecule has 3 nitrogen and oxygen atoms in total. The van der Waals surface area contributed by atoms with Crippen LogP contribution in [0, 0.1) is 0 Å². The fourth-order valence-electron chi connectivity index (χ4n) is 2.49. The monoisotopic (exact) mass is 304 g/mol. The molecule has 0 bridgehead atoms. The Morgan fingerprint density at radius 3 is 1.26 bits per heavy atom. The van der Waals surface area contributed by atoms with Gasteiger partial charge in [-0.1, -0.05) is 0 Å². The molecule has 0 aliphatic rings. The minimum absolute atomic E-state index is 1.18. The molecule has 0 aromatic carbocycles. The summed E-state index contributed by atoms with van der Waals surface area (Å²) in [6, 6.07) is 2.57. The summed E-state index contributed by atoms with van der Waals surface area (Å²) in [6.07, 6.45) is 2.54. The maximum atomic E-state index is 6.63. The molecule has 0 amide bonds. The van der Waals surface area contributed by atoms with Gasteiger partial charge in [0.2, 0.25) is 0 Å². The van der Waals surface area contributed by atoms with Crippen molar-refractivity contribution in [3.8, 4) is 0 Å². The Labute approximate surface area is 123 Å². The highest BCUT2D eigenvalue weighted by Crippen LogP contribution is 2.23. The predicted octanol–water partition coefficient (Wildman–Crippen LogP) is 3.32. The van der Waals surface area contributed by atoms with E-state index >= 15 is 0 Å². The van der Waals surface area contributed by atoms with E-state index in [1.54, 1.807) is 0 Å². The van der Waals surface area contributed by atoms with E-state index in [-0.39, 0.29) is 0 Å². The highest BCUT2D eigenvalue weighted by atomic mass is 28.4. The minimum atomic E-state index is -1.46. The van der Waals surface area contributed by atoms with Crippen molar-refractivity contribution >= 4 is 16.6 Å². The van der Waals surface area contributed by atoms with E-state index in [4.69, 9.17) is 4.12 Å². The molecule has 0 fully saturated rings. The summed E-state index contributed by atoms with van der Waals surface area (Å²) in [5.74, 6) is 0. The van der Waals surface area contributed by atoms with Crippen LogP contribution in [0.15, 0.2) is 0 Å². The molecular formula is C14H36N2OSi2. The third-order valence-electron chi connectivity index (χ3n) is 3.32. The van der Waals surface area contributed by atoms with Crippen molar-refractivity contribution in [3.63, 3.8) is 0 Å². The molecule has 0 aromatic heterocycles. The summed E-state index contributed by atoms with van der Waals surface area (Å²) in [5.41, 5.74) is 0.